The molecule has 4 nitrogen and oxygen atoms in total. The monoisotopic (exact) mass is 447 g/mol. The van der Waals surface area contributed by atoms with Crippen molar-refractivity contribution in [1.82, 2.24) is 4.90 Å². The van der Waals surface area contributed by atoms with Crippen LogP contribution in [0.3, 0.4) is 0 Å². The van der Waals surface area contributed by atoms with Gasteiger partial charge in [0, 0.05) is 12.0 Å². The molecule has 1 saturated heterocycles. The molecule has 1 fully saturated rings. The van der Waals surface area contributed by atoms with E-state index in [2.05, 4.69) is 17.0 Å². The quantitative estimate of drug-likeness (QED) is 0.304. The Balaban J connectivity index is 1.30. The summed E-state index contributed by atoms with van der Waals surface area (Å²) in [7, 11) is 0. The molecule has 33 heavy (non-hydrogen) atoms. The van der Waals surface area contributed by atoms with Crippen molar-refractivity contribution in [3.63, 3.8) is 0 Å². The van der Waals surface area contributed by atoms with Crippen LogP contribution in [0, 0.1) is 0 Å². The lowest BCUT2D eigenvalue weighted by Crippen LogP contribution is -2.48. The number of esters is 1. The number of nitrogens with zero attached hydrogens (tertiary/aromatic N) is 1. The molecule has 0 radical (unpaired) electrons. The topological polar surface area (TPSA) is 46.6 Å². The van der Waals surface area contributed by atoms with Gasteiger partial charge >= 0.3 is 5.97 Å². The van der Waals surface area contributed by atoms with E-state index in [-0.39, 0.29) is 11.8 Å². The smallest absolute Gasteiger partial charge is 0.316 e. The molecule has 0 amide bonds. The molecule has 4 rings (SSSR count). The fraction of sp³-hybridized carbons (Fsp3) is 0.517. The zero-order chi connectivity index (χ0) is 23.1. The first kappa shape index (κ1) is 23.7. The van der Waals surface area contributed by atoms with Gasteiger partial charge in [-0.2, -0.15) is 0 Å². The van der Waals surface area contributed by atoms with Crippen LogP contribution in [0.25, 0.3) is 0 Å². The molecule has 1 heterocycles. The van der Waals surface area contributed by atoms with E-state index in [1.54, 1.807) is 0 Å². The highest BCUT2D eigenvalue weighted by Gasteiger charge is 2.44. The van der Waals surface area contributed by atoms with Gasteiger partial charge in [-0.3, -0.25) is 9.59 Å². The Morgan fingerprint density at radius 3 is 2.39 bits per heavy atom. The van der Waals surface area contributed by atoms with Crippen LogP contribution < -0.4 is 0 Å². The second-order valence-electron chi connectivity index (χ2n) is 9.58. The van der Waals surface area contributed by atoms with Crippen molar-refractivity contribution in [2.75, 3.05) is 26.2 Å². The molecule has 0 aromatic heterocycles. The molecule has 0 atom stereocenters. The molecule has 2 aromatic rings. The Morgan fingerprint density at radius 2 is 1.67 bits per heavy atom. The summed E-state index contributed by atoms with van der Waals surface area (Å²) in [4.78, 5) is 28.1. The van der Waals surface area contributed by atoms with Gasteiger partial charge in [0.25, 0.3) is 0 Å². The van der Waals surface area contributed by atoms with E-state index < -0.39 is 5.41 Å². The molecule has 176 valence electrons. The highest BCUT2D eigenvalue weighted by Crippen LogP contribution is 2.37. The maximum atomic E-state index is 12.9. The number of Topliss-reactive ketones (excluding diaryl/α,β-unsaturated/α-hetero) is 1. The van der Waals surface area contributed by atoms with Gasteiger partial charge in [-0.25, -0.2) is 0 Å². The number of ether oxygens (including phenoxy) is 1. The number of rotatable bonds is 8. The maximum Gasteiger partial charge on any atom is 0.316 e. The number of aryl methyl sites for hydroxylation is 2. The van der Waals surface area contributed by atoms with E-state index in [1.165, 1.54) is 30.4 Å². The molecule has 0 unspecified atom stereocenters. The molecule has 0 bridgehead atoms. The molecule has 2 aliphatic rings. The third-order valence-electron chi connectivity index (χ3n) is 7.50. The van der Waals surface area contributed by atoms with Crippen LogP contribution in [0.5, 0.6) is 0 Å². The first-order valence-corrected chi connectivity index (χ1v) is 12.7. The summed E-state index contributed by atoms with van der Waals surface area (Å²) in [6.07, 6.45) is 8.99. The Labute approximate surface area is 198 Å². The second kappa shape index (κ2) is 11.1. The van der Waals surface area contributed by atoms with Crippen molar-refractivity contribution in [2.45, 2.75) is 70.1 Å². The molecule has 0 N–H and O–H groups in total. The first-order valence-electron chi connectivity index (χ1n) is 12.7. The van der Waals surface area contributed by atoms with Crippen molar-refractivity contribution in [2.24, 2.45) is 0 Å². The SMILES string of the molecule is CCOC(=O)C1(c2ccccc2)CCN(CCCC(=O)c2ccc3c(c2)CCCCC3)CC1. The Morgan fingerprint density at radius 1 is 0.939 bits per heavy atom. The molecule has 0 spiro atoms. The largest absolute Gasteiger partial charge is 0.465 e. The van der Waals surface area contributed by atoms with Crippen LogP contribution in [0.4, 0.5) is 0 Å². The van der Waals surface area contributed by atoms with Gasteiger partial charge in [0.05, 0.1) is 12.0 Å². The van der Waals surface area contributed by atoms with Gasteiger partial charge in [-0.05, 0) is 94.3 Å². The molecule has 1 aliphatic carbocycles. The first-order chi connectivity index (χ1) is 16.1. The van der Waals surface area contributed by atoms with Crippen LogP contribution in [0.1, 0.15) is 78.9 Å². The number of likely N-dealkylation sites (tertiary alicyclic amines) is 1. The van der Waals surface area contributed by atoms with Crippen molar-refractivity contribution >= 4 is 11.8 Å². The van der Waals surface area contributed by atoms with E-state index in [1.807, 2.05) is 43.3 Å². The zero-order valence-electron chi connectivity index (χ0n) is 20.0. The van der Waals surface area contributed by atoms with Gasteiger partial charge in [0.15, 0.2) is 5.78 Å². The lowest BCUT2D eigenvalue weighted by molar-refractivity contribution is -0.152. The average Bonchev–Trinajstić information content (AvgIpc) is 3.10. The fourth-order valence-electron chi connectivity index (χ4n) is 5.49. The number of carbonyl (C=O) groups is 2. The number of ketones is 1. The van der Waals surface area contributed by atoms with Gasteiger partial charge in [-0.1, -0.05) is 48.9 Å². The highest BCUT2D eigenvalue weighted by molar-refractivity contribution is 5.96. The van der Waals surface area contributed by atoms with Crippen LogP contribution in [-0.4, -0.2) is 42.9 Å². The zero-order valence-corrected chi connectivity index (χ0v) is 20.0. The number of benzene rings is 2. The predicted molar refractivity (Wildman–Crippen MR) is 132 cm³/mol. The van der Waals surface area contributed by atoms with E-state index in [0.29, 0.717) is 13.0 Å². The predicted octanol–water partition coefficient (Wildman–Crippen LogP) is 5.52. The van der Waals surface area contributed by atoms with E-state index in [4.69, 9.17) is 4.74 Å². The Kier molecular flexibility index (Phi) is 7.97. The average molecular weight is 448 g/mol. The summed E-state index contributed by atoms with van der Waals surface area (Å²) in [5.41, 5.74) is 4.19. The Hall–Kier alpha value is -2.46. The van der Waals surface area contributed by atoms with Crippen molar-refractivity contribution < 1.29 is 14.3 Å². The molecule has 1 aliphatic heterocycles. The Bertz CT molecular complexity index is 945. The van der Waals surface area contributed by atoms with Crippen LogP contribution in [0.15, 0.2) is 48.5 Å². The summed E-state index contributed by atoms with van der Waals surface area (Å²) in [6.45, 7) is 4.86. The standard InChI is InChI=1S/C29H37NO3/c1-2-33-28(32)29(26-12-7-4-8-13-26)17-20-30(21-18-29)19-9-14-27(31)25-16-15-23-10-5-3-6-11-24(23)22-25/h4,7-8,12-13,15-16,22H,2-3,5-6,9-11,14,17-21H2,1H3. The summed E-state index contributed by atoms with van der Waals surface area (Å²) in [5.74, 6) is 0.151. The van der Waals surface area contributed by atoms with Crippen molar-refractivity contribution in [3.8, 4) is 0 Å². The number of fused-ring (bicyclic) bond motifs is 1. The number of hydrogen-bond acceptors (Lipinski definition) is 4. The third-order valence-corrected chi connectivity index (χ3v) is 7.50. The minimum Gasteiger partial charge on any atom is -0.465 e. The molecule has 0 saturated carbocycles. The van der Waals surface area contributed by atoms with Gasteiger partial charge in [-0.15, -0.1) is 0 Å². The molecular formula is C29H37NO3. The summed E-state index contributed by atoms with van der Waals surface area (Å²) >= 11 is 0. The van der Waals surface area contributed by atoms with Crippen molar-refractivity contribution in [1.29, 1.82) is 0 Å². The fourth-order valence-corrected chi connectivity index (χ4v) is 5.49. The summed E-state index contributed by atoms with van der Waals surface area (Å²) in [6, 6.07) is 16.4. The van der Waals surface area contributed by atoms with E-state index in [9.17, 15) is 9.59 Å². The number of piperidine rings is 1. The van der Waals surface area contributed by atoms with Crippen LogP contribution in [-0.2, 0) is 27.8 Å². The second-order valence-corrected chi connectivity index (χ2v) is 9.58. The van der Waals surface area contributed by atoms with Crippen molar-refractivity contribution in [3.05, 3.63) is 70.8 Å². The maximum absolute atomic E-state index is 12.9. The van der Waals surface area contributed by atoms with E-state index >= 15 is 0 Å². The number of hydrogen-bond donors (Lipinski definition) is 0. The normalized spacial score (nSPS) is 18.2. The molecular weight excluding hydrogens is 410 g/mol. The lowest BCUT2D eigenvalue weighted by atomic mass is 9.72. The highest BCUT2D eigenvalue weighted by atomic mass is 16.5. The molecule has 4 heteroatoms. The lowest BCUT2D eigenvalue weighted by Gasteiger charge is -2.40. The minimum atomic E-state index is -0.550. The van der Waals surface area contributed by atoms with Crippen LogP contribution >= 0.6 is 0 Å². The minimum absolute atomic E-state index is 0.103. The molecule has 2 aromatic carbocycles. The van der Waals surface area contributed by atoms with Gasteiger partial charge in [0.1, 0.15) is 0 Å². The summed E-state index contributed by atoms with van der Waals surface area (Å²) in [5, 5.41) is 0. The van der Waals surface area contributed by atoms with Gasteiger partial charge < -0.3 is 9.64 Å². The third kappa shape index (κ3) is 5.55. The summed E-state index contributed by atoms with van der Waals surface area (Å²) < 4.78 is 5.48. The van der Waals surface area contributed by atoms with E-state index in [0.717, 1.165) is 62.9 Å². The van der Waals surface area contributed by atoms with Gasteiger partial charge in [0.2, 0.25) is 0 Å². The number of carbonyl (C=O) groups excluding carboxylic acids is 2. The van der Waals surface area contributed by atoms with Crippen LogP contribution in [0.2, 0.25) is 0 Å².